The van der Waals surface area contributed by atoms with Crippen LogP contribution in [0.5, 0.6) is 11.5 Å². The van der Waals surface area contributed by atoms with E-state index >= 15 is 0 Å². The standard InChI is InChI=1S/C13H13N3O5/c14-8(6-16-5-3-9(17)10(18)7-16)13(20)21-11-2-1-4-15-12(11)19/h1-5,7-8,18H,6,14H2,(H,15,19)/t8-/m0/s1. The highest BCUT2D eigenvalue weighted by Crippen LogP contribution is 2.04. The van der Waals surface area contributed by atoms with Crippen LogP contribution < -0.4 is 21.5 Å². The lowest BCUT2D eigenvalue weighted by atomic mass is 10.3. The normalized spacial score (nSPS) is 11.9. The molecule has 8 heteroatoms. The Hall–Kier alpha value is -2.87. The van der Waals surface area contributed by atoms with Crippen molar-refractivity contribution < 1.29 is 14.6 Å². The van der Waals surface area contributed by atoms with Gasteiger partial charge in [-0.1, -0.05) is 0 Å². The fourth-order valence-electron chi connectivity index (χ4n) is 1.60. The third-order valence-electron chi connectivity index (χ3n) is 2.66. The smallest absolute Gasteiger partial charge is 0.330 e. The molecule has 0 aromatic carbocycles. The number of aromatic nitrogens is 2. The molecule has 110 valence electrons. The lowest BCUT2D eigenvalue weighted by Crippen LogP contribution is -2.38. The monoisotopic (exact) mass is 291 g/mol. The molecule has 0 saturated carbocycles. The number of nitrogens with one attached hydrogen (secondary N) is 1. The van der Waals surface area contributed by atoms with E-state index in [-0.39, 0.29) is 12.3 Å². The topological polar surface area (TPSA) is 127 Å². The molecule has 0 fully saturated rings. The molecule has 0 unspecified atom stereocenters. The van der Waals surface area contributed by atoms with Crippen molar-refractivity contribution in [2.45, 2.75) is 12.6 Å². The number of carbonyl (C=O) groups is 1. The fraction of sp³-hybridized carbons (Fsp3) is 0.154. The van der Waals surface area contributed by atoms with Crippen molar-refractivity contribution in [2.75, 3.05) is 0 Å². The number of H-pyrrole nitrogens is 1. The summed E-state index contributed by atoms with van der Waals surface area (Å²) in [4.78, 5) is 36.6. The van der Waals surface area contributed by atoms with Crippen molar-refractivity contribution in [3.8, 4) is 11.5 Å². The van der Waals surface area contributed by atoms with Crippen LogP contribution in [0.4, 0.5) is 0 Å². The second kappa shape index (κ2) is 6.06. The maximum atomic E-state index is 11.8. The minimum atomic E-state index is -1.06. The summed E-state index contributed by atoms with van der Waals surface area (Å²) in [5, 5.41) is 9.29. The Bertz CT molecular complexity index is 765. The number of esters is 1. The van der Waals surface area contributed by atoms with Gasteiger partial charge in [0.25, 0.3) is 5.56 Å². The number of nitrogens with zero attached hydrogens (tertiary/aromatic N) is 1. The molecule has 4 N–H and O–H groups in total. The van der Waals surface area contributed by atoms with Gasteiger partial charge in [0.15, 0.2) is 11.5 Å². The van der Waals surface area contributed by atoms with Crippen molar-refractivity contribution in [2.24, 2.45) is 5.73 Å². The lowest BCUT2D eigenvalue weighted by molar-refractivity contribution is -0.136. The first-order valence-corrected chi connectivity index (χ1v) is 6.01. The highest BCUT2D eigenvalue weighted by atomic mass is 16.5. The highest BCUT2D eigenvalue weighted by molar-refractivity contribution is 5.77. The lowest BCUT2D eigenvalue weighted by Gasteiger charge is -2.13. The second-order valence-electron chi connectivity index (χ2n) is 4.28. The Balaban J connectivity index is 2.06. The average Bonchev–Trinajstić information content (AvgIpc) is 2.45. The molecule has 2 rings (SSSR count). The van der Waals surface area contributed by atoms with Crippen LogP contribution in [0.2, 0.25) is 0 Å². The summed E-state index contributed by atoms with van der Waals surface area (Å²) < 4.78 is 6.26. The van der Waals surface area contributed by atoms with E-state index < -0.39 is 28.7 Å². The maximum absolute atomic E-state index is 11.8. The zero-order valence-electron chi connectivity index (χ0n) is 10.9. The zero-order valence-corrected chi connectivity index (χ0v) is 10.9. The number of aromatic amines is 1. The van der Waals surface area contributed by atoms with Crippen LogP contribution in [0, 0.1) is 0 Å². The molecule has 0 bridgehead atoms. The van der Waals surface area contributed by atoms with Gasteiger partial charge < -0.3 is 25.1 Å². The molecular formula is C13H13N3O5. The highest BCUT2D eigenvalue weighted by Gasteiger charge is 2.17. The van der Waals surface area contributed by atoms with Crippen LogP contribution in [-0.2, 0) is 11.3 Å². The predicted octanol–water partition coefficient (Wildman–Crippen LogP) is -0.825. The third-order valence-corrected chi connectivity index (χ3v) is 2.66. The van der Waals surface area contributed by atoms with Crippen LogP contribution in [0.15, 0.2) is 46.4 Å². The minimum absolute atomic E-state index is 0.0165. The molecule has 0 aliphatic carbocycles. The van der Waals surface area contributed by atoms with Crippen LogP contribution in [0.3, 0.4) is 0 Å². The number of carbonyl (C=O) groups excluding carboxylic acids is 1. The molecule has 2 aromatic heterocycles. The number of aromatic hydroxyl groups is 1. The van der Waals surface area contributed by atoms with Crippen molar-refractivity contribution in [1.29, 1.82) is 0 Å². The van der Waals surface area contributed by atoms with E-state index in [1.54, 1.807) is 0 Å². The molecule has 0 aliphatic heterocycles. The van der Waals surface area contributed by atoms with E-state index in [9.17, 15) is 19.5 Å². The number of hydrogen-bond acceptors (Lipinski definition) is 6. The van der Waals surface area contributed by atoms with Crippen molar-refractivity contribution in [3.05, 3.63) is 57.4 Å². The van der Waals surface area contributed by atoms with E-state index in [0.717, 1.165) is 12.3 Å². The Kier molecular flexibility index (Phi) is 4.19. The average molecular weight is 291 g/mol. The summed E-state index contributed by atoms with van der Waals surface area (Å²) in [6, 6.07) is 2.94. The van der Waals surface area contributed by atoms with E-state index in [1.165, 1.54) is 29.1 Å². The molecule has 0 amide bonds. The summed E-state index contributed by atoms with van der Waals surface area (Å²) in [7, 11) is 0. The van der Waals surface area contributed by atoms with E-state index in [0.29, 0.717) is 0 Å². The Morgan fingerprint density at radius 2 is 2.19 bits per heavy atom. The Labute approximate surface area is 118 Å². The van der Waals surface area contributed by atoms with E-state index in [4.69, 9.17) is 10.5 Å². The van der Waals surface area contributed by atoms with Gasteiger partial charge in [0.05, 0.1) is 0 Å². The van der Waals surface area contributed by atoms with Crippen LogP contribution >= 0.6 is 0 Å². The van der Waals surface area contributed by atoms with Crippen molar-refractivity contribution in [3.63, 3.8) is 0 Å². The molecule has 0 spiro atoms. The Morgan fingerprint density at radius 3 is 2.86 bits per heavy atom. The quantitative estimate of drug-likeness (QED) is 0.631. The molecule has 2 heterocycles. The van der Waals surface area contributed by atoms with Gasteiger partial charge in [0, 0.05) is 31.2 Å². The summed E-state index contributed by atoms with van der Waals surface area (Å²) in [6.45, 7) is -0.0165. The molecule has 21 heavy (non-hydrogen) atoms. The number of hydrogen-bond donors (Lipinski definition) is 3. The first kappa shape index (κ1) is 14.5. The Morgan fingerprint density at radius 1 is 1.43 bits per heavy atom. The van der Waals surface area contributed by atoms with Crippen molar-refractivity contribution in [1.82, 2.24) is 9.55 Å². The van der Waals surface area contributed by atoms with Gasteiger partial charge in [-0.15, -0.1) is 0 Å². The van der Waals surface area contributed by atoms with E-state index in [1.807, 2.05) is 0 Å². The summed E-state index contributed by atoms with van der Waals surface area (Å²) >= 11 is 0. The molecular weight excluding hydrogens is 278 g/mol. The number of rotatable bonds is 4. The van der Waals surface area contributed by atoms with Crippen LogP contribution in [0.25, 0.3) is 0 Å². The first-order valence-electron chi connectivity index (χ1n) is 6.01. The SMILES string of the molecule is N[C@@H](Cn1ccc(=O)c(O)c1)C(=O)Oc1ccc[nH]c1=O. The molecule has 0 saturated heterocycles. The van der Waals surface area contributed by atoms with Crippen LogP contribution in [0.1, 0.15) is 0 Å². The summed E-state index contributed by atoms with van der Waals surface area (Å²) in [5.74, 6) is -1.40. The molecule has 8 nitrogen and oxygen atoms in total. The fourth-order valence-corrected chi connectivity index (χ4v) is 1.60. The van der Waals surface area contributed by atoms with Gasteiger partial charge in [-0.05, 0) is 12.1 Å². The van der Waals surface area contributed by atoms with Gasteiger partial charge in [-0.3, -0.25) is 9.59 Å². The summed E-state index contributed by atoms with van der Waals surface area (Å²) in [5.41, 5.74) is 4.60. The molecule has 2 aromatic rings. The molecule has 0 radical (unpaired) electrons. The largest absolute Gasteiger partial charge is 0.503 e. The first-order chi connectivity index (χ1) is 9.97. The minimum Gasteiger partial charge on any atom is -0.503 e. The van der Waals surface area contributed by atoms with Crippen LogP contribution in [-0.4, -0.2) is 26.7 Å². The molecule has 0 aliphatic rings. The number of nitrogens with two attached hydrogens (primary N) is 1. The maximum Gasteiger partial charge on any atom is 0.330 e. The second-order valence-corrected chi connectivity index (χ2v) is 4.28. The van der Waals surface area contributed by atoms with Gasteiger partial charge >= 0.3 is 5.97 Å². The summed E-state index contributed by atoms with van der Waals surface area (Å²) in [6.07, 6.45) is 3.94. The third kappa shape index (κ3) is 3.57. The molecule has 1 atom stereocenters. The van der Waals surface area contributed by atoms with Gasteiger partial charge in [-0.25, -0.2) is 4.79 Å². The van der Waals surface area contributed by atoms with E-state index in [2.05, 4.69) is 4.98 Å². The van der Waals surface area contributed by atoms with Crippen molar-refractivity contribution >= 4 is 5.97 Å². The predicted molar refractivity (Wildman–Crippen MR) is 73.0 cm³/mol. The number of pyridine rings is 2. The van der Waals surface area contributed by atoms with Gasteiger partial charge in [-0.2, -0.15) is 0 Å². The number of ether oxygens (including phenoxy) is 1. The van der Waals surface area contributed by atoms with Gasteiger partial charge in [0.2, 0.25) is 5.43 Å². The zero-order chi connectivity index (χ0) is 15.4. The van der Waals surface area contributed by atoms with Gasteiger partial charge in [0.1, 0.15) is 6.04 Å².